The molecule has 1 aliphatic heterocycles. The van der Waals surface area contributed by atoms with E-state index in [1.54, 1.807) is 13.3 Å². The zero-order valence-electron chi connectivity index (χ0n) is 13.9. The Labute approximate surface area is 140 Å². The normalized spacial score (nSPS) is 13.4. The Hall–Kier alpha value is -2.76. The standard InChI is InChI=1S/C18H20N4O2/c1-3-19-13-9-14-17-15(10-13)24-8-4-7-22(17)18(21-14)12-5-6-16(23-2)20-11-12/h5-6,9-11,19H,3-4,7-8H2,1-2H3. The van der Waals surface area contributed by atoms with Crippen molar-refractivity contribution in [3.63, 3.8) is 0 Å². The average molecular weight is 324 g/mol. The minimum Gasteiger partial charge on any atom is -0.491 e. The second-order valence-corrected chi connectivity index (χ2v) is 5.75. The molecule has 6 nitrogen and oxygen atoms in total. The first kappa shape index (κ1) is 14.8. The molecule has 0 saturated heterocycles. The van der Waals surface area contributed by atoms with Crippen LogP contribution in [0.1, 0.15) is 13.3 Å². The smallest absolute Gasteiger partial charge is 0.212 e. The second-order valence-electron chi connectivity index (χ2n) is 5.75. The molecule has 6 heteroatoms. The van der Waals surface area contributed by atoms with Gasteiger partial charge in [-0.3, -0.25) is 0 Å². The third-order valence-electron chi connectivity index (χ3n) is 4.17. The van der Waals surface area contributed by atoms with Gasteiger partial charge in [-0.05, 0) is 25.5 Å². The Kier molecular flexibility index (Phi) is 3.72. The topological polar surface area (TPSA) is 61.2 Å². The molecule has 0 bridgehead atoms. The van der Waals surface area contributed by atoms with Gasteiger partial charge >= 0.3 is 0 Å². The molecule has 0 spiro atoms. The predicted octanol–water partition coefficient (Wildman–Crippen LogP) is 3.32. The highest BCUT2D eigenvalue weighted by Gasteiger charge is 2.20. The summed E-state index contributed by atoms with van der Waals surface area (Å²) >= 11 is 0. The summed E-state index contributed by atoms with van der Waals surface area (Å²) < 4.78 is 13.3. The predicted molar refractivity (Wildman–Crippen MR) is 93.8 cm³/mol. The minimum atomic E-state index is 0.601. The maximum absolute atomic E-state index is 5.96. The molecule has 124 valence electrons. The van der Waals surface area contributed by atoms with E-state index in [0.29, 0.717) is 12.5 Å². The molecule has 1 N–H and O–H groups in total. The van der Waals surface area contributed by atoms with E-state index in [0.717, 1.165) is 53.4 Å². The summed E-state index contributed by atoms with van der Waals surface area (Å²) in [6.45, 7) is 4.54. The van der Waals surface area contributed by atoms with Crippen LogP contribution in [-0.2, 0) is 6.54 Å². The van der Waals surface area contributed by atoms with Crippen molar-refractivity contribution in [3.05, 3.63) is 30.5 Å². The Morgan fingerprint density at radius 2 is 2.25 bits per heavy atom. The largest absolute Gasteiger partial charge is 0.491 e. The monoisotopic (exact) mass is 324 g/mol. The van der Waals surface area contributed by atoms with Crippen molar-refractivity contribution in [2.24, 2.45) is 0 Å². The summed E-state index contributed by atoms with van der Waals surface area (Å²) in [7, 11) is 1.62. The van der Waals surface area contributed by atoms with Gasteiger partial charge in [0.1, 0.15) is 17.1 Å². The number of aryl methyl sites for hydroxylation is 1. The molecule has 2 aromatic heterocycles. The maximum Gasteiger partial charge on any atom is 0.212 e. The van der Waals surface area contributed by atoms with Gasteiger partial charge in [0.15, 0.2) is 0 Å². The van der Waals surface area contributed by atoms with Crippen LogP contribution in [0.5, 0.6) is 11.6 Å². The number of pyridine rings is 1. The second kappa shape index (κ2) is 6.03. The van der Waals surface area contributed by atoms with Crippen molar-refractivity contribution in [3.8, 4) is 23.0 Å². The van der Waals surface area contributed by atoms with Gasteiger partial charge in [0.2, 0.25) is 5.88 Å². The highest BCUT2D eigenvalue weighted by Crippen LogP contribution is 2.35. The molecule has 0 radical (unpaired) electrons. The number of rotatable bonds is 4. The van der Waals surface area contributed by atoms with Crippen LogP contribution in [-0.4, -0.2) is 34.8 Å². The Balaban J connectivity index is 1.90. The van der Waals surface area contributed by atoms with E-state index in [4.69, 9.17) is 14.5 Å². The summed E-state index contributed by atoms with van der Waals surface area (Å²) in [5.41, 5.74) is 4.01. The van der Waals surface area contributed by atoms with Crippen molar-refractivity contribution in [1.29, 1.82) is 0 Å². The lowest BCUT2D eigenvalue weighted by atomic mass is 10.2. The zero-order chi connectivity index (χ0) is 16.5. The van der Waals surface area contributed by atoms with E-state index < -0.39 is 0 Å². The van der Waals surface area contributed by atoms with Gasteiger partial charge < -0.3 is 19.4 Å². The number of imidazole rings is 1. The Morgan fingerprint density at radius 3 is 3.00 bits per heavy atom. The van der Waals surface area contributed by atoms with Gasteiger partial charge in [-0.15, -0.1) is 0 Å². The number of nitrogens with one attached hydrogen (secondary N) is 1. The average Bonchev–Trinajstić information content (AvgIpc) is 2.83. The lowest BCUT2D eigenvalue weighted by Crippen LogP contribution is -2.01. The van der Waals surface area contributed by atoms with Crippen molar-refractivity contribution in [2.45, 2.75) is 19.9 Å². The highest BCUT2D eigenvalue weighted by molar-refractivity contribution is 5.89. The molecule has 0 saturated carbocycles. The molecule has 0 aliphatic carbocycles. The quantitative estimate of drug-likeness (QED) is 0.798. The molecule has 0 unspecified atom stereocenters. The van der Waals surface area contributed by atoms with Crippen molar-refractivity contribution in [2.75, 3.05) is 25.6 Å². The lowest BCUT2D eigenvalue weighted by Gasteiger charge is -2.09. The molecule has 3 aromatic rings. The lowest BCUT2D eigenvalue weighted by molar-refractivity contribution is 0.316. The Morgan fingerprint density at radius 1 is 1.33 bits per heavy atom. The fraction of sp³-hybridized carbons (Fsp3) is 0.333. The van der Waals surface area contributed by atoms with Gasteiger partial charge in [0, 0.05) is 42.7 Å². The number of benzene rings is 1. The molecule has 1 aliphatic rings. The number of hydrogen-bond acceptors (Lipinski definition) is 5. The summed E-state index contributed by atoms with van der Waals surface area (Å²) in [6, 6.07) is 7.99. The molecular weight excluding hydrogens is 304 g/mol. The van der Waals surface area contributed by atoms with E-state index in [-0.39, 0.29) is 0 Å². The molecular formula is C18H20N4O2. The third kappa shape index (κ3) is 2.44. The molecule has 0 amide bonds. The number of hydrogen-bond donors (Lipinski definition) is 1. The molecule has 4 rings (SSSR count). The van der Waals surface area contributed by atoms with Gasteiger partial charge in [0.25, 0.3) is 0 Å². The van der Waals surface area contributed by atoms with Gasteiger partial charge in [-0.25, -0.2) is 9.97 Å². The first-order chi connectivity index (χ1) is 11.8. The first-order valence-electron chi connectivity index (χ1n) is 8.21. The molecule has 24 heavy (non-hydrogen) atoms. The van der Waals surface area contributed by atoms with Gasteiger partial charge in [-0.2, -0.15) is 0 Å². The maximum atomic E-state index is 5.96. The minimum absolute atomic E-state index is 0.601. The summed E-state index contributed by atoms with van der Waals surface area (Å²) in [5.74, 6) is 2.41. The summed E-state index contributed by atoms with van der Waals surface area (Å²) in [6.07, 6.45) is 2.76. The number of aromatic nitrogens is 3. The number of nitrogens with zero attached hydrogens (tertiary/aromatic N) is 3. The third-order valence-corrected chi connectivity index (χ3v) is 4.17. The molecule has 0 atom stereocenters. The molecule has 3 heterocycles. The molecule has 1 aromatic carbocycles. The highest BCUT2D eigenvalue weighted by atomic mass is 16.5. The first-order valence-corrected chi connectivity index (χ1v) is 8.21. The van der Waals surface area contributed by atoms with Gasteiger partial charge in [-0.1, -0.05) is 0 Å². The van der Waals surface area contributed by atoms with Crippen molar-refractivity contribution >= 4 is 16.7 Å². The van der Waals surface area contributed by atoms with Crippen LogP contribution in [0.4, 0.5) is 5.69 Å². The summed E-state index contributed by atoms with van der Waals surface area (Å²) in [5, 5.41) is 3.34. The van der Waals surface area contributed by atoms with Crippen LogP contribution in [0.15, 0.2) is 30.5 Å². The Bertz CT molecular complexity index is 871. The van der Waals surface area contributed by atoms with Crippen LogP contribution >= 0.6 is 0 Å². The van der Waals surface area contributed by atoms with E-state index in [1.165, 1.54) is 0 Å². The van der Waals surface area contributed by atoms with Crippen LogP contribution in [0, 0.1) is 0 Å². The van der Waals surface area contributed by atoms with Crippen LogP contribution in [0.3, 0.4) is 0 Å². The number of methoxy groups -OCH3 is 1. The van der Waals surface area contributed by atoms with E-state index in [1.807, 2.05) is 12.1 Å². The summed E-state index contributed by atoms with van der Waals surface area (Å²) in [4.78, 5) is 9.17. The number of ether oxygens (including phenoxy) is 2. The van der Waals surface area contributed by atoms with Gasteiger partial charge in [0.05, 0.1) is 19.2 Å². The van der Waals surface area contributed by atoms with Crippen molar-refractivity contribution in [1.82, 2.24) is 14.5 Å². The SMILES string of the molecule is CCNc1cc2c3c(c1)nc(-c1ccc(OC)nc1)n3CCCO2. The fourth-order valence-electron chi connectivity index (χ4n) is 3.12. The van der Waals surface area contributed by atoms with Crippen LogP contribution < -0.4 is 14.8 Å². The fourth-order valence-corrected chi connectivity index (χ4v) is 3.12. The van der Waals surface area contributed by atoms with Crippen LogP contribution in [0.2, 0.25) is 0 Å². The molecule has 0 fully saturated rings. The van der Waals surface area contributed by atoms with Crippen LogP contribution in [0.25, 0.3) is 22.4 Å². The van der Waals surface area contributed by atoms with E-state index in [9.17, 15) is 0 Å². The van der Waals surface area contributed by atoms with E-state index >= 15 is 0 Å². The number of anilines is 1. The van der Waals surface area contributed by atoms with E-state index in [2.05, 4.69) is 33.9 Å². The zero-order valence-corrected chi connectivity index (χ0v) is 13.9. The van der Waals surface area contributed by atoms with Crippen molar-refractivity contribution < 1.29 is 9.47 Å².